The lowest BCUT2D eigenvalue weighted by atomic mass is 9.96. The molecule has 1 saturated heterocycles. The van der Waals surface area contributed by atoms with Crippen molar-refractivity contribution in [3.05, 3.63) is 11.9 Å². The third-order valence-corrected chi connectivity index (χ3v) is 4.38. The van der Waals surface area contributed by atoms with Gasteiger partial charge in [-0.05, 0) is 6.92 Å². The first kappa shape index (κ1) is 14.4. The summed E-state index contributed by atoms with van der Waals surface area (Å²) in [5.41, 5.74) is 2.56. The predicted molar refractivity (Wildman–Crippen MR) is 82.7 cm³/mol. The van der Waals surface area contributed by atoms with Crippen LogP contribution in [0.3, 0.4) is 0 Å². The van der Waals surface area contributed by atoms with Gasteiger partial charge in [-0.2, -0.15) is 11.8 Å². The summed E-state index contributed by atoms with van der Waals surface area (Å²) in [4.78, 5) is 11.5. The third kappa shape index (κ3) is 3.30. The van der Waals surface area contributed by atoms with Crippen molar-refractivity contribution in [3.8, 4) is 0 Å². The third-order valence-electron chi connectivity index (χ3n) is 3.19. The van der Waals surface area contributed by atoms with Crippen molar-refractivity contribution >= 4 is 23.4 Å². The summed E-state index contributed by atoms with van der Waals surface area (Å²) in [6, 6.07) is 2.42. The molecule has 0 saturated carbocycles. The predicted octanol–water partition coefficient (Wildman–Crippen LogP) is 2.00. The van der Waals surface area contributed by atoms with E-state index < -0.39 is 0 Å². The molecule has 1 fully saturated rings. The largest absolute Gasteiger partial charge is 0.352 e. The first-order valence-electron chi connectivity index (χ1n) is 6.62. The van der Waals surface area contributed by atoms with Crippen LogP contribution in [0.25, 0.3) is 0 Å². The highest BCUT2D eigenvalue weighted by atomic mass is 32.2. The SMILES string of the molecule is CC1CSCCN1c1cc(NN)nc(C(C)(C)C)n1. The number of hydrogen-bond acceptors (Lipinski definition) is 6. The van der Waals surface area contributed by atoms with Crippen molar-refractivity contribution < 1.29 is 0 Å². The molecule has 0 radical (unpaired) electrons. The highest BCUT2D eigenvalue weighted by Crippen LogP contribution is 2.27. The summed E-state index contributed by atoms with van der Waals surface area (Å²) >= 11 is 2.00. The molecule has 3 N–H and O–H groups in total. The summed E-state index contributed by atoms with van der Waals surface area (Å²) in [6.07, 6.45) is 0. The van der Waals surface area contributed by atoms with E-state index in [0.717, 1.165) is 29.7 Å². The average molecular weight is 281 g/mol. The lowest BCUT2D eigenvalue weighted by Crippen LogP contribution is -2.41. The summed E-state index contributed by atoms with van der Waals surface area (Å²) in [7, 11) is 0. The van der Waals surface area contributed by atoms with Gasteiger partial charge in [0.25, 0.3) is 0 Å². The average Bonchev–Trinajstić information content (AvgIpc) is 2.37. The molecule has 6 heteroatoms. The molecule has 0 spiro atoms. The van der Waals surface area contributed by atoms with E-state index >= 15 is 0 Å². The van der Waals surface area contributed by atoms with Gasteiger partial charge in [0, 0.05) is 35.6 Å². The van der Waals surface area contributed by atoms with Crippen LogP contribution >= 0.6 is 11.8 Å². The quantitative estimate of drug-likeness (QED) is 0.638. The van der Waals surface area contributed by atoms with Crippen LogP contribution in [0.4, 0.5) is 11.6 Å². The molecule has 2 rings (SSSR count). The van der Waals surface area contributed by atoms with Gasteiger partial charge in [0.15, 0.2) is 0 Å². The fourth-order valence-corrected chi connectivity index (χ4v) is 3.07. The van der Waals surface area contributed by atoms with Crippen molar-refractivity contribution in [3.63, 3.8) is 0 Å². The lowest BCUT2D eigenvalue weighted by molar-refractivity contribution is 0.543. The number of nitrogen functional groups attached to an aromatic ring is 1. The summed E-state index contributed by atoms with van der Waals surface area (Å²) in [5.74, 6) is 10.3. The Morgan fingerprint density at radius 1 is 1.42 bits per heavy atom. The van der Waals surface area contributed by atoms with Crippen molar-refractivity contribution in [1.82, 2.24) is 9.97 Å². The zero-order valence-electron chi connectivity index (χ0n) is 12.1. The van der Waals surface area contributed by atoms with E-state index in [9.17, 15) is 0 Å². The van der Waals surface area contributed by atoms with Crippen LogP contribution in [-0.4, -0.2) is 34.1 Å². The number of hydrazine groups is 1. The Labute approximate surface area is 119 Å². The molecule has 1 aromatic rings. The van der Waals surface area contributed by atoms with Crippen molar-refractivity contribution in [2.45, 2.75) is 39.2 Å². The number of anilines is 2. The molecule has 0 aliphatic carbocycles. The van der Waals surface area contributed by atoms with E-state index in [4.69, 9.17) is 10.8 Å². The van der Waals surface area contributed by atoms with Gasteiger partial charge in [-0.1, -0.05) is 20.8 Å². The number of nitrogens with one attached hydrogen (secondary N) is 1. The number of nitrogens with zero attached hydrogens (tertiary/aromatic N) is 3. The second-order valence-electron chi connectivity index (χ2n) is 5.95. The Morgan fingerprint density at radius 2 is 2.16 bits per heavy atom. The lowest BCUT2D eigenvalue weighted by Gasteiger charge is -2.34. The second kappa shape index (κ2) is 5.54. The minimum atomic E-state index is -0.0879. The molecule has 1 aromatic heterocycles. The molecule has 19 heavy (non-hydrogen) atoms. The molecule has 5 nitrogen and oxygen atoms in total. The maximum absolute atomic E-state index is 5.53. The number of thioether (sulfide) groups is 1. The van der Waals surface area contributed by atoms with Crippen LogP contribution < -0.4 is 16.2 Å². The first-order chi connectivity index (χ1) is 8.91. The van der Waals surface area contributed by atoms with Crippen LogP contribution in [0.1, 0.15) is 33.5 Å². The smallest absolute Gasteiger partial charge is 0.145 e. The molecule has 0 amide bonds. The van der Waals surface area contributed by atoms with Crippen molar-refractivity contribution in [1.29, 1.82) is 0 Å². The van der Waals surface area contributed by atoms with Gasteiger partial charge < -0.3 is 10.3 Å². The fourth-order valence-electron chi connectivity index (χ4n) is 2.06. The molecular weight excluding hydrogens is 258 g/mol. The van der Waals surface area contributed by atoms with Crippen LogP contribution in [0.2, 0.25) is 0 Å². The number of rotatable bonds is 2. The number of aromatic nitrogens is 2. The zero-order valence-corrected chi connectivity index (χ0v) is 12.9. The van der Waals surface area contributed by atoms with Crippen molar-refractivity contribution in [2.24, 2.45) is 5.84 Å². The summed E-state index contributed by atoms with van der Waals surface area (Å²) in [6.45, 7) is 9.60. The fraction of sp³-hybridized carbons (Fsp3) is 0.692. The molecular formula is C13H23N5S. The Hall–Kier alpha value is -1.01. The van der Waals surface area contributed by atoms with Gasteiger partial charge in [0.2, 0.25) is 0 Å². The van der Waals surface area contributed by atoms with Gasteiger partial charge in [-0.3, -0.25) is 0 Å². The molecule has 1 unspecified atom stereocenters. The highest BCUT2D eigenvalue weighted by Gasteiger charge is 2.24. The minimum absolute atomic E-state index is 0.0879. The maximum Gasteiger partial charge on any atom is 0.145 e. The molecule has 2 heterocycles. The van der Waals surface area contributed by atoms with E-state index in [0.29, 0.717) is 11.9 Å². The number of hydrogen-bond donors (Lipinski definition) is 2. The Bertz CT molecular complexity index is 443. The minimum Gasteiger partial charge on any atom is -0.352 e. The summed E-state index contributed by atoms with van der Waals surface area (Å²) in [5, 5.41) is 0. The summed E-state index contributed by atoms with van der Waals surface area (Å²) < 4.78 is 0. The standard InChI is InChI=1S/C13H23N5S/c1-9-8-19-6-5-18(9)11-7-10(17-14)15-12(16-11)13(2,3)4/h7,9H,5-6,8,14H2,1-4H3,(H,15,16,17). The van der Waals surface area contributed by atoms with Crippen LogP contribution in [0.5, 0.6) is 0 Å². The molecule has 1 aliphatic heterocycles. The first-order valence-corrected chi connectivity index (χ1v) is 7.78. The van der Waals surface area contributed by atoms with Gasteiger partial charge in [-0.15, -0.1) is 0 Å². The number of nitrogens with two attached hydrogens (primary N) is 1. The monoisotopic (exact) mass is 281 g/mol. The van der Waals surface area contributed by atoms with E-state index in [1.165, 1.54) is 0 Å². The zero-order chi connectivity index (χ0) is 14.0. The van der Waals surface area contributed by atoms with E-state index in [1.54, 1.807) is 0 Å². The van der Waals surface area contributed by atoms with Crippen molar-refractivity contribution in [2.75, 3.05) is 28.4 Å². The van der Waals surface area contributed by atoms with E-state index in [-0.39, 0.29) is 5.41 Å². The van der Waals surface area contributed by atoms with Gasteiger partial charge >= 0.3 is 0 Å². The molecule has 0 bridgehead atoms. The van der Waals surface area contributed by atoms with Gasteiger partial charge in [0.05, 0.1) is 0 Å². The van der Waals surface area contributed by atoms with Gasteiger partial charge in [-0.25, -0.2) is 15.8 Å². The van der Waals surface area contributed by atoms with Gasteiger partial charge in [0.1, 0.15) is 17.5 Å². The van der Waals surface area contributed by atoms with Crippen LogP contribution in [0, 0.1) is 0 Å². The molecule has 1 aliphatic rings. The Balaban J connectivity index is 2.39. The second-order valence-corrected chi connectivity index (χ2v) is 7.10. The Kier molecular flexibility index (Phi) is 4.20. The normalized spacial score (nSPS) is 20.5. The van der Waals surface area contributed by atoms with E-state index in [2.05, 4.69) is 43.0 Å². The maximum atomic E-state index is 5.53. The van der Waals surface area contributed by atoms with E-state index in [1.807, 2.05) is 17.8 Å². The molecule has 106 valence electrons. The van der Waals surface area contributed by atoms with Crippen LogP contribution in [0.15, 0.2) is 6.07 Å². The molecule has 1 atom stereocenters. The molecule has 0 aromatic carbocycles. The topological polar surface area (TPSA) is 67.1 Å². The Morgan fingerprint density at radius 3 is 2.74 bits per heavy atom. The highest BCUT2D eigenvalue weighted by molar-refractivity contribution is 7.99. The van der Waals surface area contributed by atoms with Crippen LogP contribution in [-0.2, 0) is 5.41 Å².